The summed E-state index contributed by atoms with van der Waals surface area (Å²) in [5, 5.41) is 5.75. The molecule has 1 aromatic heterocycles. The van der Waals surface area contributed by atoms with E-state index in [1.807, 2.05) is 0 Å². The molecule has 0 atom stereocenters. The van der Waals surface area contributed by atoms with E-state index in [4.69, 9.17) is 0 Å². The highest BCUT2D eigenvalue weighted by atomic mass is 32.2. The standard InChI is InChI=1S/C9H17N5O2S/c1-3-13-17(15,16)5-4-12-9-7-11-6-8(10-2)14-9/h6-7,13H,3-5H2,1-2H3,(H2,10,12,14). The molecule has 96 valence electrons. The molecular weight excluding hydrogens is 242 g/mol. The highest BCUT2D eigenvalue weighted by molar-refractivity contribution is 7.89. The molecule has 1 rings (SSSR count). The van der Waals surface area contributed by atoms with E-state index in [-0.39, 0.29) is 12.3 Å². The summed E-state index contributed by atoms with van der Waals surface area (Å²) in [4.78, 5) is 8.11. The summed E-state index contributed by atoms with van der Waals surface area (Å²) < 4.78 is 25.1. The molecule has 17 heavy (non-hydrogen) atoms. The summed E-state index contributed by atoms with van der Waals surface area (Å²) >= 11 is 0. The van der Waals surface area contributed by atoms with Gasteiger partial charge in [0, 0.05) is 20.1 Å². The maximum atomic E-state index is 11.3. The predicted molar refractivity (Wildman–Crippen MR) is 67.5 cm³/mol. The molecule has 0 aliphatic heterocycles. The Balaban J connectivity index is 2.45. The average molecular weight is 259 g/mol. The second-order valence-electron chi connectivity index (χ2n) is 3.28. The van der Waals surface area contributed by atoms with Crippen LogP contribution in [-0.2, 0) is 10.0 Å². The Bertz CT molecular complexity index is 448. The van der Waals surface area contributed by atoms with Gasteiger partial charge in [-0.2, -0.15) is 0 Å². The first kappa shape index (κ1) is 13.7. The lowest BCUT2D eigenvalue weighted by atomic mass is 10.6. The maximum absolute atomic E-state index is 11.3. The molecule has 0 aliphatic rings. The fourth-order valence-electron chi connectivity index (χ4n) is 1.18. The molecule has 1 heterocycles. The Morgan fingerprint density at radius 1 is 1.29 bits per heavy atom. The largest absolute Gasteiger partial charge is 0.372 e. The molecule has 0 saturated heterocycles. The van der Waals surface area contributed by atoms with Gasteiger partial charge >= 0.3 is 0 Å². The summed E-state index contributed by atoms with van der Waals surface area (Å²) in [6.45, 7) is 2.43. The van der Waals surface area contributed by atoms with Crippen molar-refractivity contribution in [3.05, 3.63) is 12.4 Å². The van der Waals surface area contributed by atoms with E-state index in [1.165, 1.54) is 0 Å². The summed E-state index contributed by atoms with van der Waals surface area (Å²) in [6, 6.07) is 0. The van der Waals surface area contributed by atoms with Crippen molar-refractivity contribution in [3.63, 3.8) is 0 Å². The topological polar surface area (TPSA) is 96.0 Å². The molecule has 0 spiro atoms. The van der Waals surface area contributed by atoms with Gasteiger partial charge in [0.2, 0.25) is 10.0 Å². The lowest BCUT2D eigenvalue weighted by Crippen LogP contribution is -2.29. The van der Waals surface area contributed by atoms with Crippen LogP contribution >= 0.6 is 0 Å². The molecule has 0 amide bonds. The van der Waals surface area contributed by atoms with Crippen LogP contribution in [0.1, 0.15) is 6.92 Å². The van der Waals surface area contributed by atoms with E-state index in [0.717, 1.165) is 0 Å². The summed E-state index contributed by atoms with van der Waals surface area (Å²) in [5.74, 6) is 1.18. The van der Waals surface area contributed by atoms with Crippen LogP contribution in [0, 0.1) is 0 Å². The average Bonchev–Trinajstić information content (AvgIpc) is 2.29. The van der Waals surface area contributed by atoms with Crippen molar-refractivity contribution in [1.29, 1.82) is 0 Å². The smallest absolute Gasteiger partial charge is 0.213 e. The third kappa shape index (κ3) is 4.96. The minimum atomic E-state index is -3.19. The molecule has 0 fully saturated rings. The van der Waals surface area contributed by atoms with Gasteiger partial charge in [0.15, 0.2) is 0 Å². The molecule has 3 N–H and O–H groups in total. The third-order valence-corrected chi connectivity index (χ3v) is 3.40. The highest BCUT2D eigenvalue weighted by Gasteiger charge is 2.07. The van der Waals surface area contributed by atoms with Gasteiger partial charge in [-0.1, -0.05) is 6.92 Å². The minimum Gasteiger partial charge on any atom is -0.372 e. The zero-order valence-electron chi connectivity index (χ0n) is 9.90. The Morgan fingerprint density at radius 2 is 2.00 bits per heavy atom. The predicted octanol–water partition coefficient (Wildman–Crippen LogP) is -0.131. The fraction of sp³-hybridized carbons (Fsp3) is 0.556. The van der Waals surface area contributed by atoms with Gasteiger partial charge in [0.05, 0.1) is 18.1 Å². The lowest BCUT2D eigenvalue weighted by molar-refractivity contribution is 0.584. The van der Waals surface area contributed by atoms with Crippen LogP contribution in [0.25, 0.3) is 0 Å². The van der Waals surface area contributed by atoms with Crippen LogP contribution < -0.4 is 15.4 Å². The number of anilines is 2. The van der Waals surface area contributed by atoms with Crippen molar-refractivity contribution < 1.29 is 8.42 Å². The molecule has 0 aliphatic carbocycles. The van der Waals surface area contributed by atoms with E-state index >= 15 is 0 Å². The van der Waals surface area contributed by atoms with Gasteiger partial charge in [-0.05, 0) is 0 Å². The van der Waals surface area contributed by atoms with Crippen molar-refractivity contribution in [1.82, 2.24) is 14.7 Å². The quantitative estimate of drug-likeness (QED) is 0.631. The van der Waals surface area contributed by atoms with E-state index < -0.39 is 10.0 Å². The molecule has 0 saturated carbocycles. The van der Waals surface area contributed by atoms with Crippen LogP contribution in [0.5, 0.6) is 0 Å². The molecule has 8 heteroatoms. The zero-order chi connectivity index (χ0) is 12.7. The van der Waals surface area contributed by atoms with Crippen LogP contribution in [0.15, 0.2) is 12.4 Å². The molecule has 0 unspecified atom stereocenters. The molecule has 0 aromatic carbocycles. The molecule has 0 radical (unpaired) electrons. The van der Waals surface area contributed by atoms with Gasteiger partial charge in [0.1, 0.15) is 11.6 Å². The van der Waals surface area contributed by atoms with E-state index in [9.17, 15) is 8.42 Å². The third-order valence-electron chi connectivity index (χ3n) is 1.93. The number of aromatic nitrogens is 2. The number of hydrogen-bond acceptors (Lipinski definition) is 6. The first-order valence-electron chi connectivity index (χ1n) is 5.28. The van der Waals surface area contributed by atoms with Gasteiger partial charge in [-0.3, -0.25) is 4.98 Å². The monoisotopic (exact) mass is 259 g/mol. The zero-order valence-corrected chi connectivity index (χ0v) is 10.7. The van der Waals surface area contributed by atoms with E-state index in [1.54, 1.807) is 26.4 Å². The minimum absolute atomic E-state index is 0.00625. The van der Waals surface area contributed by atoms with Crippen molar-refractivity contribution in [2.45, 2.75) is 6.92 Å². The van der Waals surface area contributed by atoms with Gasteiger partial charge in [-0.25, -0.2) is 18.1 Å². The number of nitrogens with one attached hydrogen (secondary N) is 3. The SMILES string of the molecule is CCNS(=O)(=O)CCNc1cncc(NC)n1. The normalized spacial score (nSPS) is 11.2. The number of hydrogen-bond donors (Lipinski definition) is 3. The molecule has 7 nitrogen and oxygen atoms in total. The second kappa shape index (κ2) is 6.36. The van der Waals surface area contributed by atoms with E-state index in [2.05, 4.69) is 25.3 Å². The Labute approximate surface area is 101 Å². The van der Waals surface area contributed by atoms with Crippen molar-refractivity contribution in [2.75, 3.05) is 36.5 Å². The van der Waals surface area contributed by atoms with Crippen molar-refractivity contribution in [3.8, 4) is 0 Å². The lowest BCUT2D eigenvalue weighted by Gasteiger charge is -2.07. The van der Waals surface area contributed by atoms with Gasteiger partial charge in [0.25, 0.3) is 0 Å². The summed E-state index contributed by atoms with van der Waals surface area (Å²) in [7, 11) is -1.45. The second-order valence-corrected chi connectivity index (χ2v) is 5.21. The first-order valence-corrected chi connectivity index (χ1v) is 6.93. The fourth-order valence-corrected chi connectivity index (χ4v) is 2.13. The number of nitrogens with zero attached hydrogens (tertiary/aromatic N) is 2. The van der Waals surface area contributed by atoms with Crippen molar-refractivity contribution in [2.24, 2.45) is 0 Å². The van der Waals surface area contributed by atoms with Crippen LogP contribution in [0.2, 0.25) is 0 Å². The summed E-state index contributed by atoms with van der Waals surface area (Å²) in [5.41, 5.74) is 0. The first-order chi connectivity index (χ1) is 8.07. The van der Waals surface area contributed by atoms with Crippen LogP contribution in [-0.4, -0.2) is 44.3 Å². The molecule has 0 bridgehead atoms. The van der Waals surface area contributed by atoms with Crippen molar-refractivity contribution >= 4 is 21.7 Å². The van der Waals surface area contributed by atoms with E-state index in [0.29, 0.717) is 18.2 Å². The maximum Gasteiger partial charge on any atom is 0.213 e. The number of rotatable bonds is 7. The molecular formula is C9H17N5O2S. The molecule has 1 aromatic rings. The van der Waals surface area contributed by atoms with Crippen LogP contribution in [0.4, 0.5) is 11.6 Å². The summed E-state index contributed by atoms with van der Waals surface area (Å²) in [6.07, 6.45) is 3.13. The highest BCUT2D eigenvalue weighted by Crippen LogP contribution is 2.04. The van der Waals surface area contributed by atoms with Crippen LogP contribution in [0.3, 0.4) is 0 Å². The van der Waals surface area contributed by atoms with Gasteiger partial charge < -0.3 is 10.6 Å². The Morgan fingerprint density at radius 3 is 2.65 bits per heavy atom. The Hall–Kier alpha value is -1.41. The van der Waals surface area contributed by atoms with Gasteiger partial charge in [-0.15, -0.1) is 0 Å². The number of sulfonamides is 1. The Kier molecular flexibility index (Phi) is 5.11.